The zero-order chi connectivity index (χ0) is 17.5. The summed E-state index contributed by atoms with van der Waals surface area (Å²) in [6.45, 7) is 3.97. The van der Waals surface area contributed by atoms with Crippen LogP contribution in [0.2, 0.25) is 0 Å². The number of rotatable bonds is 3. The molecule has 0 atom stereocenters. The molecular formula is C18H22N4O2S. The number of sulfonamides is 1. The molecule has 0 saturated carbocycles. The summed E-state index contributed by atoms with van der Waals surface area (Å²) in [4.78, 5) is 10.8. The summed E-state index contributed by atoms with van der Waals surface area (Å²) >= 11 is 0. The number of hydrogen-bond acceptors (Lipinski definition) is 5. The average Bonchev–Trinajstić information content (AvgIpc) is 2.99. The van der Waals surface area contributed by atoms with Gasteiger partial charge in [-0.3, -0.25) is 9.29 Å². The normalized spacial score (nSPS) is 19.2. The lowest BCUT2D eigenvalue weighted by Crippen LogP contribution is -2.46. The van der Waals surface area contributed by atoms with Crippen LogP contribution in [0.1, 0.15) is 25.3 Å². The number of aromatic nitrogens is 2. The van der Waals surface area contributed by atoms with Gasteiger partial charge in [-0.15, -0.1) is 0 Å². The monoisotopic (exact) mass is 358 g/mol. The van der Waals surface area contributed by atoms with Gasteiger partial charge < -0.3 is 4.90 Å². The maximum atomic E-state index is 12.6. The molecule has 2 aromatic rings. The van der Waals surface area contributed by atoms with Gasteiger partial charge in [-0.1, -0.05) is 18.2 Å². The zero-order valence-electron chi connectivity index (χ0n) is 14.3. The first-order valence-corrected chi connectivity index (χ1v) is 10.3. The Kier molecular flexibility index (Phi) is 3.91. The van der Waals surface area contributed by atoms with E-state index in [9.17, 15) is 8.42 Å². The Morgan fingerprint density at radius 1 is 1.16 bits per heavy atom. The summed E-state index contributed by atoms with van der Waals surface area (Å²) in [6.07, 6.45) is 7.00. The first-order valence-electron chi connectivity index (χ1n) is 8.67. The molecule has 1 spiro atoms. The second-order valence-corrected chi connectivity index (χ2v) is 8.94. The van der Waals surface area contributed by atoms with Crippen LogP contribution in [0, 0.1) is 0 Å². The van der Waals surface area contributed by atoms with Crippen LogP contribution in [0.15, 0.2) is 42.9 Å². The first-order chi connectivity index (χ1) is 12.1. The predicted molar refractivity (Wildman–Crippen MR) is 98.4 cm³/mol. The fourth-order valence-corrected chi connectivity index (χ4v) is 5.25. The first kappa shape index (κ1) is 16.3. The molecule has 1 fully saturated rings. The van der Waals surface area contributed by atoms with Crippen LogP contribution in [0.5, 0.6) is 0 Å². The Labute approximate surface area is 148 Å². The second kappa shape index (κ2) is 5.98. The molecule has 0 N–H and O–H groups in total. The highest BCUT2D eigenvalue weighted by atomic mass is 32.2. The van der Waals surface area contributed by atoms with Crippen molar-refractivity contribution in [1.82, 2.24) is 9.97 Å². The summed E-state index contributed by atoms with van der Waals surface area (Å²) in [5, 5.41) is 0. The molecule has 7 heteroatoms. The highest BCUT2D eigenvalue weighted by Gasteiger charge is 2.47. The van der Waals surface area contributed by atoms with E-state index in [0.29, 0.717) is 6.54 Å². The van der Waals surface area contributed by atoms with E-state index in [2.05, 4.69) is 20.9 Å². The average molecular weight is 358 g/mol. The fraction of sp³-hybridized carbons (Fsp3) is 0.444. The van der Waals surface area contributed by atoms with E-state index in [0.717, 1.165) is 37.4 Å². The summed E-state index contributed by atoms with van der Waals surface area (Å²) < 4.78 is 26.8. The maximum absolute atomic E-state index is 12.6. The van der Waals surface area contributed by atoms with Crippen LogP contribution in [0.25, 0.3) is 0 Å². The van der Waals surface area contributed by atoms with Crippen molar-refractivity contribution in [3.63, 3.8) is 0 Å². The summed E-state index contributed by atoms with van der Waals surface area (Å²) in [5.74, 6) is 1.02. The minimum Gasteiger partial charge on any atom is -0.355 e. The van der Waals surface area contributed by atoms with Crippen LogP contribution in [0.4, 0.5) is 11.5 Å². The molecule has 4 rings (SSSR count). The molecule has 6 nitrogen and oxygen atoms in total. The van der Waals surface area contributed by atoms with Gasteiger partial charge >= 0.3 is 0 Å². The third kappa shape index (κ3) is 2.66. The minimum atomic E-state index is -3.25. The van der Waals surface area contributed by atoms with Crippen LogP contribution >= 0.6 is 0 Å². The van der Waals surface area contributed by atoms with E-state index in [1.165, 1.54) is 5.56 Å². The van der Waals surface area contributed by atoms with E-state index in [1.54, 1.807) is 29.8 Å². The number of benzene rings is 1. The van der Waals surface area contributed by atoms with Crippen molar-refractivity contribution in [2.75, 3.05) is 34.6 Å². The third-order valence-corrected chi connectivity index (χ3v) is 7.21. The van der Waals surface area contributed by atoms with Gasteiger partial charge in [0, 0.05) is 37.4 Å². The molecule has 0 radical (unpaired) electrons. The Hall–Kier alpha value is -2.15. The molecule has 1 aromatic carbocycles. The van der Waals surface area contributed by atoms with Gasteiger partial charge in [0.15, 0.2) is 0 Å². The van der Waals surface area contributed by atoms with Crippen molar-refractivity contribution in [2.45, 2.75) is 25.2 Å². The minimum absolute atomic E-state index is 0.0997. The fourth-order valence-electron chi connectivity index (χ4n) is 4.03. The number of nitrogens with zero attached hydrogens (tertiary/aromatic N) is 4. The van der Waals surface area contributed by atoms with Crippen molar-refractivity contribution in [3.05, 3.63) is 48.4 Å². The number of para-hydroxylation sites is 1. The third-order valence-electron chi connectivity index (χ3n) is 5.49. The molecule has 2 aliphatic heterocycles. The SMILES string of the molecule is CCS(=O)(=O)N1CC2(CCN(c3cnccn3)CC2)c2ccccc21. The molecule has 0 aliphatic carbocycles. The topological polar surface area (TPSA) is 66.4 Å². The summed E-state index contributed by atoms with van der Waals surface area (Å²) in [7, 11) is -3.25. The van der Waals surface area contributed by atoms with Crippen LogP contribution in [0.3, 0.4) is 0 Å². The molecule has 3 heterocycles. The molecule has 1 saturated heterocycles. The number of piperidine rings is 1. The Morgan fingerprint density at radius 3 is 2.60 bits per heavy atom. The van der Waals surface area contributed by atoms with Crippen molar-refractivity contribution < 1.29 is 8.42 Å². The van der Waals surface area contributed by atoms with Crippen LogP contribution in [-0.2, 0) is 15.4 Å². The van der Waals surface area contributed by atoms with E-state index >= 15 is 0 Å². The Bertz CT molecular complexity index is 862. The molecular weight excluding hydrogens is 336 g/mol. The van der Waals surface area contributed by atoms with Gasteiger partial charge in [0.25, 0.3) is 0 Å². The smallest absolute Gasteiger partial charge is 0.234 e. The van der Waals surface area contributed by atoms with Gasteiger partial charge in [0.1, 0.15) is 5.82 Å². The van der Waals surface area contributed by atoms with Crippen LogP contribution < -0.4 is 9.21 Å². The molecule has 0 unspecified atom stereocenters. The van der Waals surface area contributed by atoms with Crippen LogP contribution in [-0.4, -0.2) is 43.8 Å². The molecule has 1 aromatic heterocycles. The number of hydrogen-bond donors (Lipinski definition) is 0. The lowest BCUT2D eigenvalue weighted by molar-refractivity contribution is 0.355. The van der Waals surface area contributed by atoms with E-state index in [4.69, 9.17) is 0 Å². The molecule has 132 valence electrons. The number of anilines is 2. The van der Waals surface area contributed by atoms with E-state index in [-0.39, 0.29) is 11.2 Å². The van der Waals surface area contributed by atoms with Crippen molar-refractivity contribution in [3.8, 4) is 0 Å². The maximum Gasteiger partial charge on any atom is 0.234 e. The van der Waals surface area contributed by atoms with E-state index < -0.39 is 10.0 Å². The lowest BCUT2D eigenvalue weighted by atomic mass is 9.74. The van der Waals surface area contributed by atoms with Gasteiger partial charge in [0.05, 0.1) is 17.6 Å². The lowest BCUT2D eigenvalue weighted by Gasteiger charge is -2.40. The molecule has 2 aliphatic rings. The summed E-state index contributed by atoms with van der Waals surface area (Å²) in [6, 6.07) is 7.97. The van der Waals surface area contributed by atoms with Gasteiger partial charge in [0.2, 0.25) is 10.0 Å². The molecule has 0 amide bonds. The molecule has 25 heavy (non-hydrogen) atoms. The Morgan fingerprint density at radius 2 is 1.92 bits per heavy atom. The second-order valence-electron chi connectivity index (χ2n) is 6.76. The van der Waals surface area contributed by atoms with Gasteiger partial charge in [-0.2, -0.15) is 0 Å². The highest BCUT2D eigenvalue weighted by molar-refractivity contribution is 7.92. The van der Waals surface area contributed by atoms with Crippen molar-refractivity contribution in [2.24, 2.45) is 0 Å². The van der Waals surface area contributed by atoms with Crippen molar-refractivity contribution in [1.29, 1.82) is 0 Å². The standard InChI is InChI=1S/C18H22N4O2S/c1-2-25(23,24)22-14-18(15-5-3-4-6-16(15)22)7-11-21(12-8-18)17-13-19-9-10-20-17/h3-6,9-10,13H,2,7-8,11-12,14H2,1H3. The van der Waals surface area contributed by atoms with Gasteiger partial charge in [-0.05, 0) is 31.4 Å². The predicted octanol–water partition coefficient (Wildman–Crippen LogP) is 2.18. The van der Waals surface area contributed by atoms with E-state index in [1.807, 2.05) is 18.2 Å². The summed E-state index contributed by atoms with van der Waals surface area (Å²) in [5.41, 5.74) is 1.93. The largest absolute Gasteiger partial charge is 0.355 e. The molecule has 0 bridgehead atoms. The Balaban J connectivity index is 1.64. The van der Waals surface area contributed by atoms with Gasteiger partial charge in [-0.25, -0.2) is 13.4 Å². The highest BCUT2D eigenvalue weighted by Crippen LogP contribution is 2.48. The quantitative estimate of drug-likeness (QED) is 0.841. The number of fused-ring (bicyclic) bond motifs is 2. The zero-order valence-corrected chi connectivity index (χ0v) is 15.1. The van der Waals surface area contributed by atoms with Crippen molar-refractivity contribution >= 4 is 21.5 Å².